The SMILES string of the molecule is Cc1ccc(NC(=O)c2sc(-c3ccccc3)nc2C(F)(F)F)c(C)c1. The summed E-state index contributed by atoms with van der Waals surface area (Å²) in [5.74, 6) is -0.816. The molecule has 134 valence electrons. The summed E-state index contributed by atoms with van der Waals surface area (Å²) in [5.41, 5.74) is 1.63. The van der Waals surface area contributed by atoms with E-state index in [0.717, 1.165) is 22.5 Å². The fourth-order valence-electron chi connectivity index (χ4n) is 2.50. The molecule has 0 saturated carbocycles. The number of anilines is 1. The third kappa shape index (κ3) is 3.77. The molecule has 0 aliphatic rings. The molecule has 3 rings (SSSR count). The number of nitrogens with one attached hydrogen (secondary N) is 1. The number of aromatic nitrogens is 1. The molecule has 0 saturated heterocycles. The number of hydrogen-bond donors (Lipinski definition) is 1. The molecule has 0 fully saturated rings. The highest BCUT2D eigenvalue weighted by Gasteiger charge is 2.39. The van der Waals surface area contributed by atoms with Crippen LogP contribution >= 0.6 is 11.3 Å². The van der Waals surface area contributed by atoms with E-state index in [4.69, 9.17) is 0 Å². The summed E-state index contributed by atoms with van der Waals surface area (Å²) in [5, 5.41) is 2.72. The molecule has 0 aliphatic carbocycles. The zero-order valence-electron chi connectivity index (χ0n) is 14.0. The highest BCUT2D eigenvalue weighted by atomic mass is 32.1. The zero-order valence-corrected chi connectivity index (χ0v) is 14.8. The van der Waals surface area contributed by atoms with Crippen LogP contribution < -0.4 is 5.32 Å². The molecular formula is C19H15F3N2OS. The molecule has 3 aromatic rings. The van der Waals surface area contributed by atoms with E-state index >= 15 is 0 Å². The summed E-state index contributed by atoms with van der Waals surface area (Å²) in [6.45, 7) is 3.69. The van der Waals surface area contributed by atoms with Crippen molar-refractivity contribution in [2.24, 2.45) is 0 Å². The largest absolute Gasteiger partial charge is 0.435 e. The van der Waals surface area contributed by atoms with Gasteiger partial charge in [0.1, 0.15) is 9.88 Å². The zero-order chi connectivity index (χ0) is 18.9. The lowest BCUT2D eigenvalue weighted by molar-refractivity contribution is -0.140. The Bertz CT molecular complexity index is 949. The normalized spacial score (nSPS) is 11.4. The molecule has 26 heavy (non-hydrogen) atoms. The minimum Gasteiger partial charge on any atom is -0.321 e. The van der Waals surface area contributed by atoms with Gasteiger partial charge in [0, 0.05) is 11.3 Å². The van der Waals surface area contributed by atoms with Gasteiger partial charge in [-0.05, 0) is 25.5 Å². The average molecular weight is 376 g/mol. The van der Waals surface area contributed by atoms with Crippen molar-refractivity contribution in [1.82, 2.24) is 4.98 Å². The number of amides is 1. The van der Waals surface area contributed by atoms with Gasteiger partial charge in [0.25, 0.3) is 5.91 Å². The molecule has 7 heteroatoms. The molecule has 0 bridgehead atoms. The van der Waals surface area contributed by atoms with E-state index < -0.39 is 22.7 Å². The Kier molecular flexibility index (Phi) is 4.82. The Balaban J connectivity index is 2.00. The van der Waals surface area contributed by atoms with Gasteiger partial charge in [-0.15, -0.1) is 11.3 Å². The van der Waals surface area contributed by atoms with Crippen molar-refractivity contribution in [3.8, 4) is 10.6 Å². The molecule has 3 nitrogen and oxygen atoms in total. The number of benzene rings is 2. The number of rotatable bonds is 3. The van der Waals surface area contributed by atoms with E-state index in [-0.39, 0.29) is 5.01 Å². The van der Waals surface area contributed by atoms with Gasteiger partial charge in [-0.1, -0.05) is 48.0 Å². The van der Waals surface area contributed by atoms with E-state index in [0.29, 0.717) is 11.3 Å². The lowest BCUT2D eigenvalue weighted by Gasteiger charge is -2.10. The third-order valence-corrected chi connectivity index (χ3v) is 4.86. The molecule has 1 N–H and O–H groups in total. The minimum absolute atomic E-state index is 0.156. The van der Waals surface area contributed by atoms with Crippen LogP contribution in [0.1, 0.15) is 26.5 Å². The van der Waals surface area contributed by atoms with Gasteiger partial charge < -0.3 is 5.32 Å². The van der Waals surface area contributed by atoms with Crippen molar-refractivity contribution in [2.75, 3.05) is 5.32 Å². The van der Waals surface area contributed by atoms with E-state index in [1.165, 1.54) is 0 Å². The lowest BCUT2D eigenvalue weighted by atomic mass is 10.1. The third-order valence-electron chi connectivity index (χ3n) is 3.75. The van der Waals surface area contributed by atoms with Gasteiger partial charge in [-0.2, -0.15) is 13.2 Å². The summed E-state index contributed by atoms with van der Waals surface area (Å²) >= 11 is 0.733. The summed E-state index contributed by atoms with van der Waals surface area (Å²) in [4.78, 5) is 15.8. The van der Waals surface area contributed by atoms with Crippen LogP contribution in [0, 0.1) is 13.8 Å². The second kappa shape index (κ2) is 6.92. The topological polar surface area (TPSA) is 42.0 Å². The molecular weight excluding hydrogens is 361 g/mol. The number of alkyl halides is 3. The first kappa shape index (κ1) is 18.1. The molecule has 0 aliphatic heterocycles. The molecule has 0 spiro atoms. The van der Waals surface area contributed by atoms with E-state index in [1.807, 2.05) is 13.0 Å². The van der Waals surface area contributed by atoms with Crippen molar-refractivity contribution >= 4 is 22.9 Å². The minimum atomic E-state index is -4.71. The van der Waals surface area contributed by atoms with Crippen molar-refractivity contribution in [1.29, 1.82) is 0 Å². The van der Waals surface area contributed by atoms with Gasteiger partial charge in [-0.3, -0.25) is 4.79 Å². The number of halogens is 3. The molecule has 0 atom stereocenters. The first-order valence-electron chi connectivity index (χ1n) is 7.78. The van der Waals surface area contributed by atoms with Crippen LogP contribution in [0.2, 0.25) is 0 Å². The predicted octanol–water partition coefficient (Wildman–Crippen LogP) is 5.70. The maximum Gasteiger partial charge on any atom is 0.435 e. The quantitative estimate of drug-likeness (QED) is 0.637. The van der Waals surface area contributed by atoms with Gasteiger partial charge in [-0.25, -0.2) is 4.98 Å². The second-order valence-corrected chi connectivity index (χ2v) is 6.83. The van der Waals surface area contributed by atoms with E-state index in [1.54, 1.807) is 49.4 Å². The smallest absolute Gasteiger partial charge is 0.321 e. The van der Waals surface area contributed by atoms with Gasteiger partial charge in [0.15, 0.2) is 5.69 Å². The highest BCUT2D eigenvalue weighted by molar-refractivity contribution is 7.17. The van der Waals surface area contributed by atoms with Gasteiger partial charge in [0.05, 0.1) is 0 Å². The number of hydrogen-bond acceptors (Lipinski definition) is 3. The maximum absolute atomic E-state index is 13.4. The summed E-state index contributed by atoms with van der Waals surface area (Å²) in [6.07, 6.45) is -4.71. The number of carbonyl (C=O) groups excluding carboxylic acids is 1. The predicted molar refractivity (Wildman–Crippen MR) is 96.4 cm³/mol. The molecule has 0 unspecified atom stereocenters. The lowest BCUT2D eigenvalue weighted by Crippen LogP contribution is -2.17. The van der Waals surface area contributed by atoms with Crippen molar-refractivity contribution in [3.05, 3.63) is 70.2 Å². The van der Waals surface area contributed by atoms with Crippen LogP contribution in [0.3, 0.4) is 0 Å². The van der Waals surface area contributed by atoms with Crippen LogP contribution in [0.25, 0.3) is 10.6 Å². The van der Waals surface area contributed by atoms with E-state index in [9.17, 15) is 18.0 Å². The molecule has 1 amide bonds. The van der Waals surface area contributed by atoms with Gasteiger partial charge in [0.2, 0.25) is 0 Å². The highest BCUT2D eigenvalue weighted by Crippen LogP contribution is 2.38. The number of carbonyl (C=O) groups is 1. The van der Waals surface area contributed by atoms with Crippen LogP contribution in [-0.2, 0) is 6.18 Å². The maximum atomic E-state index is 13.4. The first-order chi connectivity index (χ1) is 12.3. The standard InChI is InChI=1S/C19H15F3N2OS/c1-11-8-9-14(12(2)10-11)23-17(25)15-16(19(20,21)22)24-18(26-15)13-6-4-3-5-7-13/h3-10H,1-2H3,(H,23,25). The molecule has 1 heterocycles. The number of nitrogens with zero attached hydrogens (tertiary/aromatic N) is 1. The van der Waals surface area contributed by atoms with Crippen LogP contribution in [0.15, 0.2) is 48.5 Å². The van der Waals surface area contributed by atoms with Crippen LogP contribution in [0.5, 0.6) is 0 Å². The number of thiazole rings is 1. The summed E-state index contributed by atoms with van der Waals surface area (Å²) < 4.78 is 40.1. The molecule has 1 aromatic heterocycles. The summed E-state index contributed by atoms with van der Waals surface area (Å²) in [6, 6.07) is 13.8. The fraction of sp³-hybridized carbons (Fsp3) is 0.158. The molecule has 0 radical (unpaired) electrons. The second-order valence-electron chi connectivity index (χ2n) is 5.83. The van der Waals surface area contributed by atoms with E-state index in [2.05, 4.69) is 10.3 Å². The van der Waals surface area contributed by atoms with Crippen molar-refractivity contribution in [3.63, 3.8) is 0 Å². The molecule has 2 aromatic carbocycles. The summed E-state index contributed by atoms with van der Waals surface area (Å²) in [7, 11) is 0. The average Bonchev–Trinajstić information content (AvgIpc) is 3.04. The monoisotopic (exact) mass is 376 g/mol. The Morgan fingerprint density at radius 3 is 2.38 bits per heavy atom. The number of aryl methyl sites for hydroxylation is 2. The van der Waals surface area contributed by atoms with Crippen LogP contribution in [-0.4, -0.2) is 10.9 Å². The Labute approximate surface area is 152 Å². The Morgan fingerprint density at radius 2 is 1.77 bits per heavy atom. The first-order valence-corrected chi connectivity index (χ1v) is 8.59. The van der Waals surface area contributed by atoms with Crippen molar-refractivity contribution in [2.45, 2.75) is 20.0 Å². The fourth-order valence-corrected chi connectivity index (χ4v) is 3.49. The van der Waals surface area contributed by atoms with Gasteiger partial charge >= 0.3 is 6.18 Å². The van der Waals surface area contributed by atoms with Crippen molar-refractivity contribution < 1.29 is 18.0 Å². The van der Waals surface area contributed by atoms with Crippen LogP contribution in [0.4, 0.5) is 18.9 Å². The Hall–Kier alpha value is -2.67. The Morgan fingerprint density at radius 1 is 1.08 bits per heavy atom.